The van der Waals surface area contributed by atoms with E-state index >= 15 is 0 Å². The molecular weight excluding hydrogens is 676 g/mol. The molecule has 0 aliphatic rings. The summed E-state index contributed by atoms with van der Waals surface area (Å²) in [4.78, 5) is 48.6. The number of aromatic nitrogens is 3. The van der Waals surface area contributed by atoms with Crippen LogP contribution in [0.25, 0.3) is 11.0 Å². The summed E-state index contributed by atoms with van der Waals surface area (Å²) in [5.41, 5.74) is 1.74. The third-order valence-electron chi connectivity index (χ3n) is 6.71. The summed E-state index contributed by atoms with van der Waals surface area (Å²) < 4.78 is 7.22. The van der Waals surface area contributed by atoms with Gasteiger partial charge < -0.3 is 25.3 Å². The van der Waals surface area contributed by atoms with Crippen molar-refractivity contribution in [1.29, 1.82) is 0 Å². The number of nitrogens with one attached hydrogen (secondary N) is 4. The second-order valence-electron chi connectivity index (χ2n) is 10.1. The van der Waals surface area contributed by atoms with E-state index in [1.807, 2.05) is 13.8 Å². The zero-order valence-electron chi connectivity index (χ0n) is 24.4. The molecule has 0 radical (unpaired) electrons. The molecule has 236 valence electrons. The maximum Gasteiger partial charge on any atom is 0.324 e. The number of anilines is 4. The first-order valence-electron chi connectivity index (χ1n) is 13.6. The number of halogens is 4. The first-order valence-corrected chi connectivity index (χ1v) is 15.1. The van der Waals surface area contributed by atoms with Crippen molar-refractivity contribution in [2.24, 2.45) is 0 Å². The Labute approximate surface area is 283 Å². The number of benzene rings is 3. The molecule has 5 aromatic rings. The zero-order valence-corrected chi connectivity index (χ0v) is 27.4. The van der Waals surface area contributed by atoms with E-state index < -0.39 is 17.8 Å². The lowest BCUT2D eigenvalue weighted by atomic mass is 10.0. The van der Waals surface area contributed by atoms with Crippen LogP contribution in [0.4, 0.5) is 32.5 Å². The highest BCUT2D eigenvalue weighted by Gasteiger charge is 2.24. The molecule has 4 N–H and O–H groups in total. The van der Waals surface area contributed by atoms with Crippen LogP contribution in [0.15, 0.2) is 67.1 Å². The largest absolute Gasteiger partial charge is 0.495 e. The van der Waals surface area contributed by atoms with Gasteiger partial charge in [0.05, 0.1) is 45.2 Å². The van der Waals surface area contributed by atoms with Crippen LogP contribution in [0, 0.1) is 0 Å². The Morgan fingerprint density at radius 1 is 0.761 bits per heavy atom. The number of ketones is 1. The number of amides is 4. The number of rotatable bonds is 8. The highest BCUT2D eigenvalue weighted by Crippen LogP contribution is 2.33. The van der Waals surface area contributed by atoms with Crippen molar-refractivity contribution in [2.45, 2.75) is 19.9 Å². The van der Waals surface area contributed by atoms with E-state index in [0.717, 1.165) is 0 Å². The third-order valence-corrected chi connectivity index (χ3v) is 7.81. The minimum absolute atomic E-state index is 0.0926. The second kappa shape index (κ2) is 13.8. The molecule has 0 unspecified atom stereocenters. The van der Waals surface area contributed by atoms with Crippen molar-refractivity contribution >= 4 is 98.2 Å². The highest BCUT2D eigenvalue weighted by atomic mass is 35.5. The van der Waals surface area contributed by atoms with Crippen LogP contribution >= 0.6 is 46.4 Å². The molecule has 2 heterocycles. The molecule has 2 aromatic heterocycles. The van der Waals surface area contributed by atoms with Gasteiger partial charge in [0.25, 0.3) is 0 Å². The van der Waals surface area contributed by atoms with Gasteiger partial charge in [-0.15, -0.1) is 0 Å². The van der Waals surface area contributed by atoms with Crippen LogP contribution in [0.3, 0.4) is 0 Å². The van der Waals surface area contributed by atoms with Gasteiger partial charge in [-0.1, -0.05) is 46.4 Å². The minimum Gasteiger partial charge on any atom is -0.495 e. The van der Waals surface area contributed by atoms with Crippen LogP contribution in [-0.4, -0.2) is 39.5 Å². The van der Waals surface area contributed by atoms with E-state index in [9.17, 15) is 14.4 Å². The number of carbonyl (C=O) groups is 3. The van der Waals surface area contributed by atoms with Crippen molar-refractivity contribution < 1.29 is 19.1 Å². The highest BCUT2D eigenvalue weighted by molar-refractivity contribution is 6.37. The summed E-state index contributed by atoms with van der Waals surface area (Å²) in [7, 11) is 1.43. The molecule has 3 aromatic carbocycles. The molecule has 15 heteroatoms. The van der Waals surface area contributed by atoms with Crippen LogP contribution in [0.5, 0.6) is 5.75 Å². The van der Waals surface area contributed by atoms with Gasteiger partial charge >= 0.3 is 12.1 Å². The Hall–Kier alpha value is -4.55. The second-order valence-corrected chi connectivity index (χ2v) is 11.8. The van der Waals surface area contributed by atoms with E-state index in [4.69, 9.17) is 51.1 Å². The number of hydrogen-bond acceptors (Lipinski definition) is 6. The van der Waals surface area contributed by atoms with Gasteiger partial charge in [0.2, 0.25) is 0 Å². The van der Waals surface area contributed by atoms with Gasteiger partial charge in [-0.25, -0.2) is 19.6 Å². The van der Waals surface area contributed by atoms with Crippen molar-refractivity contribution in [2.75, 3.05) is 28.4 Å². The quantitative estimate of drug-likeness (QED) is 0.119. The minimum atomic E-state index is -0.650. The Morgan fingerprint density at radius 2 is 1.35 bits per heavy atom. The number of urea groups is 2. The van der Waals surface area contributed by atoms with E-state index in [-0.39, 0.29) is 38.7 Å². The predicted octanol–water partition coefficient (Wildman–Crippen LogP) is 9.15. The molecule has 0 atom stereocenters. The number of carbonyl (C=O) groups excluding carboxylic acids is 3. The molecule has 5 rings (SSSR count). The number of hydrogen-bond donors (Lipinski definition) is 4. The van der Waals surface area contributed by atoms with Gasteiger partial charge in [0.1, 0.15) is 23.5 Å². The molecule has 0 saturated carbocycles. The summed E-state index contributed by atoms with van der Waals surface area (Å²) in [6.07, 6.45) is 2.94. The van der Waals surface area contributed by atoms with Gasteiger partial charge in [-0.3, -0.25) is 10.1 Å². The Balaban J connectivity index is 1.47. The molecule has 0 saturated heterocycles. The van der Waals surface area contributed by atoms with E-state index in [1.165, 1.54) is 31.6 Å². The molecule has 0 aliphatic carbocycles. The Kier molecular flexibility index (Phi) is 9.88. The lowest BCUT2D eigenvalue weighted by Gasteiger charge is -2.13. The fraction of sp³-hybridized carbons (Fsp3) is 0.129. The topological polar surface area (TPSA) is 139 Å². The van der Waals surface area contributed by atoms with Gasteiger partial charge in [0, 0.05) is 27.8 Å². The van der Waals surface area contributed by atoms with Gasteiger partial charge in [-0.05, 0) is 68.4 Å². The Morgan fingerprint density at radius 3 is 1.91 bits per heavy atom. The standard InChI is InChI=1S/C31H25Cl4N7O4/c1-15(2)42-13-19(26-28(36-14-37-29(26)42)41-31(45)39-23-8-6-18(33)12-21(23)35)27(43)16-4-9-25(46-3)24(10-16)40-30(44)38-22-7-5-17(32)11-20(22)34/h4-15H,1-3H3,(H2,38,40,44)(H2,36,37,39,41,45). The number of nitrogens with zero attached hydrogens (tertiary/aromatic N) is 3. The van der Waals surface area contributed by atoms with E-state index in [0.29, 0.717) is 38.2 Å². The monoisotopic (exact) mass is 699 g/mol. The normalized spacial score (nSPS) is 11.0. The summed E-state index contributed by atoms with van der Waals surface area (Å²) in [6, 6.07) is 12.5. The molecule has 0 aliphatic heterocycles. The number of ether oxygens (including phenoxy) is 1. The molecule has 0 spiro atoms. The summed E-state index contributed by atoms with van der Waals surface area (Å²) in [6.45, 7) is 3.86. The van der Waals surface area contributed by atoms with Crippen LogP contribution in [0.1, 0.15) is 35.8 Å². The Bertz CT molecular complexity index is 2000. The average Bonchev–Trinajstić information content (AvgIpc) is 3.41. The third kappa shape index (κ3) is 7.13. The molecule has 4 amide bonds. The van der Waals surface area contributed by atoms with Gasteiger partial charge in [0.15, 0.2) is 5.78 Å². The summed E-state index contributed by atoms with van der Waals surface area (Å²) in [5, 5.41) is 12.3. The lowest BCUT2D eigenvalue weighted by Crippen LogP contribution is -2.21. The van der Waals surface area contributed by atoms with Crippen molar-refractivity contribution in [1.82, 2.24) is 14.5 Å². The van der Waals surface area contributed by atoms with Crippen LogP contribution in [0.2, 0.25) is 20.1 Å². The maximum atomic E-state index is 14.1. The molecule has 0 bridgehead atoms. The SMILES string of the molecule is COc1ccc(C(=O)c2cn(C(C)C)c3ncnc(NC(=O)Nc4ccc(Cl)cc4Cl)c23)cc1NC(=O)Nc1ccc(Cl)cc1Cl. The first kappa shape index (κ1) is 32.8. The molecule has 0 fully saturated rings. The lowest BCUT2D eigenvalue weighted by molar-refractivity contribution is 0.104. The first-order chi connectivity index (χ1) is 21.9. The smallest absolute Gasteiger partial charge is 0.324 e. The molecule has 11 nitrogen and oxygen atoms in total. The molecular formula is C31H25Cl4N7O4. The van der Waals surface area contributed by atoms with Crippen molar-refractivity contribution in [3.8, 4) is 5.75 Å². The molecule has 46 heavy (non-hydrogen) atoms. The van der Waals surface area contributed by atoms with Crippen molar-refractivity contribution in [3.63, 3.8) is 0 Å². The van der Waals surface area contributed by atoms with Crippen LogP contribution < -0.4 is 26.0 Å². The number of fused-ring (bicyclic) bond motifs is 1. The predicted molar refractivity (Wildman–Crippen MR) is 183 cm³/mol. The number of methoxy groups -OCH3 is 1. The van der Waals surface area contributed by atoms with E-state index in [1.54, 1.807) is 47.2 Å². The van der Waals surface area contributed by atoms with Gasteiger partial charge in [-0.2, -0.15) is 0 Å². The fourth-order valence-corrected chi connectivity index (χ4v) is 5.48. The average molecular weight is 701 g/mol. The maximum absolute atomic E-state index is 14.1. The zero-order chi connectivity index (χ0) is 33.1. The van der Waals surface area contributed by atoms with Crippen LogP contribution in [-0.2, 0) is 0 Å². The summed E-state index contributed by atoms with van der Waals surface area (Å²) in [5.74, 6) is -0.0154. The van der Waals surface area contributed by atoms with E-state index in [2.05, 4.69) is 31.2 Å². The fourth-order valence-electron chi connectivity index (χ4n) is 4.57. The summed E-state index contributed by atoms with van der Waals surface area (Å²) >= 11 is 24.3. The van der Waals surface area contributed by atoms with Crippen molar-refractivity contribution in [3.05, 3.63) is 98.3 Å².